The van der Waals surface area contributed by atoms with Crippen LogP contribution in [0.15, 0.2) is 74.5 Å². The Kier molecular flexibility index (Phi) is 8.96. The second kappa shape index (κ2) is 11.9. The molecule has 0 aromatic heterocycles. The number of carbonyl (C=O) groups excluding carboxylic acids is 2. The number of halogens is 3. The van der Waals surface area contributed by atoms with E-state index in [-0.39, 0.29) is 17.7 Å². The normalized spacial score (nSPS) is 14.6. The highest BCUT2D eigenvalue weighted by Crippen LogP contribution is 2.45. The summed E-state index contributed by atoms with van der Waals surface area (Å²) in [6, 6.07) is 19.4. The van der Waals surface area contributed by atoms with Crippen LogP contribution < -0.4 is 9.47 Å². The summed E-state index contributed by atoms with van der Waals surface area (Å²) in [4.78, 5) is 27.3. The Balaban J connectivity index is 1.60. The lowest BCUT2D eigenvalue weighted by Gasteiger charge is -2.17. The standard InChI is InChI=1S/C26H20Br2INO4S/c1-2-33-20-12-18(22(27)23(28)24(20)34-15-17-6-4-3-5-7-17)13-21-25(31)30(26(32)35-21)14-16-8-10-19(29)11-9-16/h3-13H,2,14-15H2,1H3/b21-13-. The van der Waals surface area contributed by atoms with Gasteiger partial charge in [-0.1, -0.05) is 42.5 Å². The lowest BCUT2D eigenvalue weighted by Crippen LogP contribution is -2.27. The molecule has 0 aliphatic carbocycles. The zero-order chi connectivity index (χ0) is 24.9. The van der Waals surface area contributed by atoms with E-state index >= 15 is 0 Å². The van der Waals surface area contributed by atoms with Gasteiger partial charge in [0.05, 0.1) is 22.5 Å². The van der Waals surface area contributed by atoms with E-state index in [1.54, 1.807) is 6.08 Å². The van der Waals surface area contributed by atoms with E-state index in [0.29, 0.717) is 44.1 Å². The van der Waals surface area contributed by atoms with Crippen molar-refractivity contribution >= 4 is 83.4 Å². The highest BCUT2D eigenvalue weighted by atomic mass is 127. The molecule has 0 spiro atoms. The molecule has 3 aromatic carbocycles. The van der Waals surface area contributed by atoms with Crippen LogP contribution in [0, 0.1) is 3.57 Å². The summed E-state index contributed by atoms with van der Waals surface area (Å²) in [6.45, 7) is 2.96. The summed E-state index contributed by atoms with van der Waals surface area (Å²) in [5, 5.41) is -0.289. The lowest BCUT2D eigenvalue weighted by molar-refractivity contribution is -0.123. The fourth-order valence-corrected chi connectivity index (χ4v) is 5.52. The van der Waals surface area contributed by atoms with E-state index < -0.39 is 0 Å². The fraction of sp³-hybridized carbons (Fsp3) is 0.154. The zero-order valence-electron chi connectivity index (χ0n) is 18.6. The van der Waals surface area contributed by atoms with Gasteiger partial charge in [-0.3, -0.25) is 14.5 Å². The number of hydrogen-bond acceptors (Lipinski definition) is 5. The summed E-state index contributed by atoms with van der Waals surface area (Å²) in [5.41, 5.74) is 2.63. The van der Waals surface area contributed by atoms with Gasteiger partial charge in [0, 0.05) is 8.04 Å². The van der Waals surface area contributed by atoms with E-state index in [4.69, 9.17) is 9.47 Å². The summed E-state index contributed by atoms with van der Waals surface area (Å²) in [5.74, 6) is 0.790. The average molecular weight is 729 g/mol. The summed E-state index contributed by atoms with van der Waals surface area (Å²) >= 11 is 10.4. The SMILES string of the molecule is CCOc1cc(/C=C2\SC(=O)N(Cc3ccc(I)cc3)C2=O)c(Br)c(Br)c1OCc1ccccc1. The van der Waals surface area contributed by atoms with Gasteiger partial charge in [0.15, 0.2) is 11.5 Å². The van der Waals surface area contributed by atoms with Crippen LogP contribution in [0.1, 0.15) is 23.6 Å². The molecular weight excluding hydrogens is 709 g/mol. The molecule has 9 heteroatoms. The molecule has 0 radical (unpaired) electrons. The third-order valence-electron chi connectivity index (χ3n) is 5.10. The van der Waals surface area contributed by atoms with Crippen LogP contribution >= 0.6 is 66.2 Å². The van der Waals surface area contributed by atoms with Gasteiger partial charge in [-0.2, -0.15) is 0 Å². The molecule has 0 N–H and O–H groups in total. The number of nitrogens with zero attached hydrogens (tertiary/aromatic N) is 1. The molecule has 4 rings (SSSR count). The Morgan fingerprint density at radius 2 is 1.69 bits per heavy atom. The number of imide groups is 1. The van der Waals surface area contributed by atoms with Crippen LogP contribution in [-0.4, -0.2) is 22.7 Å². The number of amides is 2. The van der Waals surface area contributed by atoms with Gasteiger partial charge in [-0.25, -0.2) is 0 Å². The molecule has 1 saturated heterocycles. The van der Waals surface area contributed by atoms with Crippen LogP contribution in [0.3, 0.4) is 0 Å². The maximum Gasteiger partial charge on any atom is 0.293 e. The van der Waals surface area contributed by atoms with E-state index in [2.05, 4.69) is 54.5 Å². The highest BCUT2D eigenvalue weighted by Gasteiger charge is 2.35. The van der Waals surface area contributed by atoms with E-state index in [1.165, 1.54) is 4.90 Å². The fourth-order valence-electron chi connectivity index (χ4n) is 3.39. The number of hydrogen-bond donors (Lipinski definition) is 0. The Hall–Kier alpha value is -1.82. The first-order valence-corrected chi connectivity index (χ1v) is 14.2. The molecule has 0 saturated carbocycles. The maximum absolute atomic E-state index is 13.1. The van der Waals surface area contributed by atoms with Crippen molar-refractivity contribution < 1.29 is 19.1 Å². The largest absolute Gasteiger partial charge is 0.490 e. The van der Waals surface area contributed by atoms with E-state index in [9.17, 15) is 9.59 Å². The predicted octanol–water partition coefficient (Wildman–Crippen LogP) is 8.03. The van der Waals surface area contributed by atoms with E-state index in [1.807, 2.05) is 67.6 Å². The summed E-state index contributed by atoms with van der Waals surface area (Å²) in [7, 11) is 0. The smallest absolute Gasteiger partial charge is 0.293 e. The van der Waals surface area contributed by atoms with Crippen molar-refractivity contribution in [2.24, 2.45) is 0 Å². The van der Waals surface area contributed by atoms with Gasteiger partial charge in [-0.05, 0) is 114 Å². The van der Waals surface area contributed by atoms with Gasteiger partial charge < -0.3 is 9.47 Å². The number of thioether (sulfide) groups is 1. The van der Waals surface area contributed by atoms with Gasteiger partial charge >= 0.3 is 0 Å². The maximum atomic E-state index is 13.1. The quantitative estimate of drug-likeness (QED) is 0.174. The molecule has 1 fully saturated rings. The van der Waals surface area contributed by atoms with Gasteiger partial charge in [0.25, 0.3) is 11.1 Å². The third kappa shape index (κ3) is 6.31. The molecule has 35 heavy (non-hydrogen) atoms. The zero-order valence-corrected chi connectivity index (χ0v) is 24.7. The summed E-state index contributed by atoms with van der Waals surface area (Å²) in [6.07, 6.45) is 1.71. The Morgan fingerprint density at radius 1 is 0.971 bits per heavy atom. The minimum absolute atomic E-state index is 0.236. The third-order valence-corrected chi connectivity index (χ3v) is 8.87. The first-order valence-electron chi connectivity index (χ1n) is 10.7. The van der Waals surface area contributed by atoms with Crippen LogP contribution in [0.2, 0.25) is 0 Å². The van der Waals surface area contributed by atoms with Crippen molar-refractivity contribution in [3.05, 3.63) is 94.8 Å². The highest BCUT2D eigenvalue weighted by molar-refractivity contribution is 14.1. The second-order valence-electron chi connectivity index (χ2n) is 7.52. The van der Waals surface area contributed by atoms with Gasteiger partial charge in [0.1, 0.15) is 6.61 Å². The average Bonchev–Trinajstić information content (AvgIpc) is 3.11. The first-order chi connectivity index (χ1) is 16.9. The Labute approximate surface area is 238 Å². The van der Waals surface area contributed by atoms with E-state index in [0.717, 1.165) is 26.5 Å². The van der Waals surface area contributed by atoms with Crippen LogP contribution in [0.25, 0.3) is 6.08 Å². The molecule has 5 nitrogen and oxygen atoms in total. The first kappa shape index (κ1) is 26.2. The van der Waals surface area contributed by atoms with Crippen molar-refractivity contribution in [2.45, 2.75) is 20.1 Å². The molecule has 180 valence electrons. The monoisotopic (exact) mass is 727 g/mol. The van der Waals surface area contributed by atoms with Crippen molar-refractivity contribution in [3.8, 4) is 11.5 Å². The van der Waals surface area contributed by atoms with Crippen LogP contribution in [-0.2, 0) is 17.9 Å². The molecule has 0 atom stereocenters. The summed E-state index contributed by atoms with van der Waals surface area (Å²) < 4.78 is 14.4. The minimum Gasteiger partial charge on any atom is -0.490 e. The van der Waals surface area contributed by atoms with Crippen molar-refractivity contribution in [1.29, 1.82) is 0 Å². The Morgan fingerprint density at radius 3 is 2.37 bits per heavy atom. The molecule has 0 bridgehead atoms. The van der Waals surface area contributed by atoms with Crippen molar-refractivity contribution in [2.75, 3.05) is 6.61 Å². The van der Waals surface area contributed by atoms with Crippen molar-refractivity contribution in [3.63, 3.8) is 0 Å². The van der Waals surface area contributed by atoms with Crippen molar-refractivity contribution in [1.82, 2.24) is 4.90 Å². The molecule has 3 aromatic rings. The lowest BCUT2D eigenvalue weighted by atomic mass is 10.1. The topological polar surface area (TPSA) is 55.8 Å². The Bertz CT molecular complexity index is 1280. The molecule has 1 aliphatic heterocycles. The minimum atomic E-state index is -0.316. The number of ether oxygens (including phenoxy) is 2. The molecule has 0 unspecified atom stereocenters. The molecule has 1 aliphatic rings. The van der Waals surface area contributed by atoms with Crippen LogP contribution in [0.4, 0.5) is 4.79 Å². The molecular formula is C26H20Br2INO4S. The van der Waals surface area contributed by atoms with Gasteiger partial charge in [0.2, 0.25) is 0 Å². The van der Waals surface area contributed by atoms with Crippen LogP contribution in [0.5, 0.6) is 11.5 Å². The number of carbonyl (C=O) groups is 2. The van der Waals surface area contributed by atoms with Gasteiger partial charge in [-0.15, -0.1) is 0 Å². The molecule has 1 heterocycles. The second-order valence-corrected chi connectivity index (χ2v) is 11.3. The number of rotatable bonds is 8. The molecule has 2 amide bonds. The number of benzene rings is 3. The predicted molar refractivity (Wildman–Crippen MR) is 154 cm³/mol.